The van der Waals surface area contributed by atoms with Crippen molar-refractivity contribution in [2.45, 2.75) is 44.8 Å². The molecule has 0 bridgehead atoms. The van der Waals surface area contributed by atoms with Crippen LogP contribution in [0, 0.1) is 5.92 Å². The predicted octanol–water partition coefficient (Wildman–Crippen LogP) is 0.700. The number of likely N-dealkylation sites (tertiary alicyclic amines) is 2. The maximum atomic E-state index is 12.5. The minimum absolute atomic E-state index is 0.163. The Balaban J connectivity index is 2.00. The molecule has 1 unspecified atom stereocenters. The van der Waals surface area contributed by atoms with Crippen molar-refractivity contribution in [3.8, 4) is 0 Å². The van der Waals surface area contributed by atoms with Gasteiger partial charge in [-0.1, -0.05) is 0 Å². The molecule has 0 aromatic rings. The van der Waals surface area contributed by atoms with E-state index in [9.17, 15) is 9.90 Å². The quantitative estimate of drug-likeness (QED) is 0.734. The summed E-state index contributed by atoms with van der Waals surface area (Å²) in [6.45, 7) is 6.63. The molecule has 0 aromatic heterocycles. The van der Waals surface area contributed by atoms with Gasteiger partial charge in [-0.15, -0.1) is 0 Å². The van der Waals surface area contributed by atoms with Crippen LogP contribution in [0.15, 0.2) is 0 Å². The molecule has 2 fully saturated rings. The number of β-amino-alcohol motifs (C(OH)–C–C–N with tert-alkyl or cyclic N) is 1. The van der Waals surface area contributed by atoms with Gasteiger partial charge >= 0.3 is 0 Å². The summed E-state index contributed by atoms with van der Waals surface area (Å²) in [7, 11) is 2.10. The third kappa shape index (κ3) is 2.63. The van der Waals surface area contributed by atoms with Crippen LogP contribution in [0.4, 0.5) is 0 Å². The van der Waals surface area contributed by atoms with E-state index in [1.54, 1.807) is 0 Å². The molecule has 0 radical (unpaired) electrons. The number of hydrogen-bond acceptors (Lipinski definition) is 3. The molecule has 0 saturated carbocycles. The molecule has 1 atom stereocenters. The topological polar surface area (TPSA) is 43.8 Å². The van der Waals surface area contributed by atoms with Gasteiger partial charge in [-0.2, -0.15) is 0 Å². The number of carbonyl (C=O) groups is 1. The molecule has 17 heavy (non-hydrogen) atoms. The Bertz CT molecular complexity index is 296. The van der Waals surface area contributed by atoms with E-state index in [0.717, 1.165) is 25.9 Å². The fraction of sp³-hybridized carbons (Fsp3) is 0.923. The number of aliphatic hydroxyl groups excluding tert-OH is 1. The van der Waals surface area contributed by atoms with Crippen molar-refractivity contribution in [2.24, 2.45) is 5.92 Å². The van der Waals surface area contributed by atoms with Crippen LogP contribution in [-0.4, -0.2) is 59.1 Å². The fourth-order valence-corrected chi connectivity index (χ4v) is 3.07. The molecule has 2 rings (SSSR count). The van der Waals surface area contributed by atoms with Crippen molar-refractivity contribution >= 4 is 5.91 Å². The largest absolute Gasteiger partial charge is 0.391 e. The highest BCUT2D eigenvalue weighted by Crippen LogP contribution is 2.32. The lowest BCUT2D eigenvalue weighted by atomic mass is 9.93. The SMILES string of the molecule is CN1CCC(C(=O)N2CC(O)CC2(C)C)CC1. The Kier molecular flexibility index (Phi) is 3.46. The standard InChI is InChI=1S/C13H24N2O2/c1-13(2)8-11(16)9-15(13)12(17)10-4-6-14(3)7-5-10/h10-11,16H,4-9H2,1-3H3. The van der Waals surface area contributed by atoms with E-state index in [4.69, 9.17) is 0 Å². The maximum absolute atomic E-state index is 12.5. The minimum atomic E-state index is -0.347. The summed E-state index contributed by atoms with van der Waals surface area (Å²) < 4.78 is 0. The molecule has 0 aromatic carbocycles. The van der Waals surface area contributed by atoms with E-state index < -0.39 is 0 Å². The van der Waals surface area contributed by atoms with Crippen molar-refractivity contribution in [3.63, 3.8) is 0 Å². The van der Waals surface area contributed by atoms with Gasteiger partial charge in [0.2, 0.25) is 5.91 Å². The zero-order valence-electron chi connectivity index (χ0n) is 11.1. The highest BCUT2D eigenvalue weighted by Gasteiger charge is 2.42. The van der Waals surface area contributed by atoms with Crippen molar-refractivity contribution in [2.75, 3.05) is 26.7 Å². The molecular weight excluding hydrogens is 216 g/mol. The second-order valence-corrected chi connectivity index (χ2v) is 6.20. The van der Waals surface area contributed by atoms with Crippen molar-refractivity contribution in [1.82, 2.24) is 9.80 Å². The van der Waals surface area contributed by atoms with E-state index >= 15 is 0 Å². The van der Waals surface area contributed by atoms with Gasteiger partial charge in [0.05, 0.1) is 6.10 Å². The zero-order chi connectivity index (χ0) is 12.6. The van der Waals surface area contributed by atoms with Crippen LogP contribution in [0.5, 0.6) is 0 Å². The summed E-state index contributed by atoms with van der Waals surface area (Å²) in [4.78, 5) is 16.6. The highest BCUT2D eigenvalue weighted by molar-refractivity contribution is 5.80. The first-order chi connectivity index (χ1) is 7.90. The molecule has 4 nitrogen and oxygen atoms in total. The Morgan fingerprint density at radius 3 is 2.35 bits per heavy atom. The van der Waals surface area contributed by atoms with Crippen LogP contribution in [0.1, 0.15) is 33.1 Å². The maximum Gasteiger partial charge on any atom is 0.226 e. The number of amides is 1. The van der Waals surface area contributed by atoms with Crippen molar-refractivity contribution in [3.05, 3.63) is 0 Å². The smallest absolute Gasteiger partial charge is 0.226 e. The summed E-state index contributed by atoms with van der Waals surface area (Å²) in [5, 5.41) is 9.72. The molecule has 0 spiro atoms. The Morgan fingerprint density at radius 2 is 1.88 bits per heavy atom. The molecule has 1 N–H and O–H groups in total. The summed E-state index contributed by atoms with van der Waals surface area (Å²) >= 11 is 0. The number of aliphatic hydroxyl groups is 1. The number of hydrogen-bond donors (Lipinski definition) is 1. The van der Waals surface area contributed by atoms with Crippen LogP contribution < -0.4 is 0 Å². The average molecular weight is 240 g/mol. The molecule has 98 valence electrons. The van der Waals surface area contributed by atoms with Crippen molar-refractivity contribution in [1.29, 1.82) is 0 Å². The van der Waals surface area contributed by atoms with Gasteiger partial charge in [-0.3, -0.25) is 4.79 Å². The fourth-order valence-electron chi connectivity index (χ4n) is 3.07. The van der Waals surface area contributed by atoms with E-state index in [-0.39, 0.29) is 23.5 Å². The predicted molar refractivity (Wildman–Crippen MR) is 66.6 cm³/mol. The van der Waals surface area contributed by atoms with Crippen LogP contribution in [0.3, 0.4) is 0 Å². The van der Waals surface area contributed by atoms with Crippen molar-refractivity contribution < 1.29 is 9.90 Å². The van der Waals surface area contributed by atoms with Crippen LogP contribution in [0.2, 0.25) is 0 Å². The minimum Gasteiger partial charge on any atom is -0.391 e. The normalized spacial score (nSPS) is 30.8. The van der Waals surface area contributed by atoms with E-state index in [2.05, 4.69) is 25.8 Å². The molecule has 0 aliphatic carbocycles. The van der Waals surface area contributed by atoms with Gasteiger partial charge in [-0.25, -0.2) is 0 Å². The second kappa shape index (κ2) is 4.58. The Hall–Kier alpha value is -0.610. The zero-order valence-corrected chi connectivity index (χ0v) is 11.1. The lowest BCUT2D eigenvalue weighted by Crippen LogP contribution is -2.48. The first-order valence-electron chi connectivity index (χ1n) is 6.58. The van der Waals surface area contributed by atoms with Gasteiger partial charge in [0, 0.05) is 18.0 Å². The van der Waals surface area contributed by atoms with Crippen LogP contribution >= 0.6 is 0 Å². The van der Waals surface area contributed by atoms with E-state index in [0.29, 0.717) is 13.0 Å². The first-order valence-corrected chi connectivity index (χ1v) is 6.58. The Labute approximate surface area is 104 Å². The van der Waals surface area contributed by atoms with Gasteiger partial charge in [0.1, 0.15) is 0 Å². The first kappa shape index (κ1) is 12.8. The lowest BCUT2D eigenvalue weighted by molar-refractivity contribution is -0.140. The summed E-state index contributed by atoms with van der Waals surface area (Å²) in [5.74, 6) is 0.412. The molecule has 2 heterocycles. The van der Waals surface area contributed by atoms with E-state index in [1.165, 1.54) is 0 Å². The third-order valence-electron chi connectivity index (χ3n) is 4.19. The number of piperidine rings is 1. The summed E-state index contributed by atoms with van der Waals surface area (Å²) in [6, 6.07) is 0. The summed E-state index contributed by atoms with van der Waals surface area (Å²) in [5.41, 5.74) is -0.181. The van der Waals surface area contributed by atoms with Gasteiger partial charge in [-0.05, 0) is 53.2 Å². The molecule has 2 saturated heterocycles. The molecular formula is C13H24N2O2. The van der Waals surface area contributed by atoms with Gasteiger partial charge in [0.25, 0.3) is 0 Å². The summed E-state index contributed by atoms with van der Waals surface area (Å²) in [6.07, 6.45) is 2.27. The third-order valence-corrected chi connectivity index (χ3v) is 4.19. The average Bonchev–Trinajstić information content (AvgIpc) is 2.52. The number of rotatable bonds is 1. The lowest BCUT2D eigenvalue weighted by Gasteiger charge is -2.36. The van der Waals surface area contributed by atoms with Gasteiger partial charge < -0.3 is 14.9 Å². The molecule has 1 amide bonds. The number of nitrogens with zero attached hydrogens (tertiary/aromatic N) is 2. The molecule has 4 heteroatoms. The second-order valence-electron chi connectivity index (χ2n) is 6.20. The Morgan fingerprint density at radius 1 is 1.29 bits per heavy atom. The van der Waals surface area contributed by atoms with Gasteiger partial charge in [0.15, 0.2) is 0 Å². The van der Waals surface area contributed by atoms with E-state index in [1.807, 2.05) is 4.90 Å². The monoisotopic (exact) mass is 240 g/mol. The molecule has 2 aliphatic rings. The molecule has 2 aliphatic heterocycles. The highest BCUT2D eigenvalue weighted by atomic mass is 16.3. The van der Waals surface area contributed by atoms with Crippen LogP contribution in [-0.2, 0) is 4.79 Å². The number of carbonyl (C=O) groups excluding carboxylic acids is 1. The van der Waals surface area contributed by atoms with Crippen LogP contribution in [0.25, 0.3) is 0 Å².